The van der Waals surface area contributed by atoms with Crippen molar-refractivity contribution in [2.75, 3.05) is 5.32 Å². The van der Waals surface area contributed by atoms with Gasteiger partial charge in [0.2, 0.25) is 0 Å². The number of amides is 1. The average Bonchev–Trinajstić information content (AvgIpc) is 2.70. The van der Waals surface area contributed by atoms with Crippen molar-refractivity contribution in [3.05, 3.63) is 76.5 Å². The maximum Gasteiger partial charge on any atom is 0.255 e. The first-order chi connectivity index (χ1) is 10.2. The number of anilines is 1. The Hall–Kier alpha value is -2.33. The third-order valence-corrected chi connectivity index (χ3v) is 3.51. The van der Waals surface area contributed by atoms with E-state index in [0.29, 0.717) is 5.57 Å². The molecule has 1 amide bonds. The fraction of sp³-hybridized carbons (Fsp3) is 0. The molecule has 0 aromatic heterocycles. The monoisotopic (exact) mass is 341 g/mol. The first kappa shape index (κ1) is 13.6. The normalized spacial score (nSPS) is 12.7. The van der Waals surface area contributed by atoms with Gasteiger partial charge in [-0.15, -0.1) is 0 Å². The number of ether oxygens (including phenoxy) is 1. The lowest BCUT2D eigenvalue weighted by molar-refractivity contribution is -0.112. The zero-order valence-corrected chi connectivity index (χ0v) is 12.6. The Morgan fingerprint density at radius 2 is 1.90 bits per heavy atom. The second-order valence-corrected chi connectivity index (χ2v) is 5.44. The minimum atomic E-state index is -0.172. The van der Waals surface area contributed by atoms with E-state index in [4.69, 9.17) is 4.74 Å². The molecule has 3 nitrogen and oxygen atoms in total. The highest BCUT2D eigenvalue weighted by molar-refractivity contribution is 9.10. The summed E-state index contributed by atoms with van der Waals surface area (Å²) < 4.78 is 6.44. The van der Waals surface area contributed by atoms with Crippen molar-refractivity contribution in [3.8, 4) is 5.75 Å². The largest absolute Gasteiger partial charge is 0.464 e. The summed E-state index contributed by atoms with van der Waals surface area (Å²) in [5, 5.41) is 2.86. The minimum absolute atomic E-state index is 0.172. The molecule has 2 aromatic carbocycles. The fourth-order valence-electron chi connectivity index (χ4n) is 2.00. The number of para-hydroxylation sites is 1. The maximum absolute atomic E-state index is 12.3. The molecule has 2 aromatic rings. The van der Waals surface area contributed by atoms with Crippen molar-refractivity contribution in [1.29, 1.82) is 0 Å². The molecule has 1 aliphatic heterocycles. The lowest BCUT2D eigenvalue weighted by atomic mass is 10.1. The van der Waals surface area contributed by atoms with Crippen molar-refractivity contribution in [2.24, 2.45) is 0 Å². The number of carbonyl (C=O) groups is 1. The molecule has 0 saturated carbocycles. The Balaban J connectivity index is 1.89. The van der Waals surface area contributed by atoms with Crippen LogP contribution in [0.2, 0.25) is 0 Å². The molecule has 3 rings (SSSR count). The second-order valence-electron chi connectivity index (χ2n) is 4.52. The standard InChI is InChI=1S/C17H12BrNO2/c18-14-6-7-16-13(11-14)10-12(8-9-21-16)17(20)19-15-4-2-1-3-5-15/h1-11H,(H,19,20). The second kappa shape index (κ2) is 5.97. The van der Waals surface area contributed by atoms with Crippen LogP contribution in [0.15, 0.2) is 70.9 Å². The predicted octanol–water partition coefficient (Wildman–Crippen LogP) is 4.38. The van der Waals surface area contributed by atoms with Crippen LogP contribution in [0.1, 0.15) is 5.56 Å². The van der Waals surface area contributed by atoms with Crippen LogP contribution in [0.3, 0.4) is 0 Å². The number of benzene rings is 2. The first-order valence-corrected chi connectivity index (χ1v) is 7.22. The van der Waals surface area contributed by atoms with Crippen molar-refractivity contribution >= 4 is 33.6 Å². The molecule has 0 bridgehead atoms. The van der Waals surface area contributed by atoms with E-state index < -0.39 is 0 Å². The molecule has 0 spiro atoms. The Labute approximate surface area is 131 Å². The smallest absolute Gasteiger partial charge is 0.255 e. The van der Waals surface area contributed by atoms with Crippen LogP contribution in [0.5, 0.6) is 5.75 Å². The van der Waals surface area contributed by atoms with Gasteiger partial charge in [0.05, 0.1) is 6.26 Å². The summed E-state index contributed by atoms with van der Waals surface area (Å²) >= 11 is 3.42. The summed E-state index contributed by atoms with van der Waals surface area (Å²) in [7, 11) is 0. The third-order valence-electron chi connectivity index (χ3n) is 3.02. The third kappa shape index (κ3) is 3.23. The van der Waals surface area contributed by atoms with E-state index >= 15 is 0 Å². The van der Waals surface area contributed by atoms with E-state index in [0.717, 1.165) is 21.5 Å². The van der Waals surface area contributed by atoms with E-state index in [9.17, 15) is 4.79 Å². The Kier molecular flexibility index (Phi) is 3.88. The Morgan fingerprint density at radius 1 is 1.10 bits per heavy atom. The van der Waals surface area contributed by atoms with Crippen molar-refractivity contribution in [1.82, 2.24) is 0 Å². The van der Waals surface area contributed by atoms with Gasteiger partial charge in [-0.2, -0.15) is 0 Å². The minimum Gasteiger partial charge on any atom is -0.464 e. The lowest BCUT2D eigenvalue weighted by Gasteiger charge is -2.05. The van der Waals surface area contributed by atoms with E-state index in [1.807, 2.05) is 54.6 Å². The molecule has 1 N–H and O–H groups in total. The van der Waals surface area contributed by atoms with Crippen molar-refractivity contribution in [2.45, 2.75) is 0 Å². The summed E-state index contributed by atoms with van der Waals surface area (Å²) in [6.07, 6.45) is 4.99. The molecule has 0 saturated heterocycles. The van der Waals surface area contributed by atoms with Crippen LogP contribution in [0, 0.1) is 0 Å². The van der Waals surface area contributed by atoms with Gasteiger partial charge in [0.1, 0.15) is 5.75 Å². The summed E-state index contributed by atoms with van der Waals surface area (Å²) in [5.74, 6) is 0.547. The van der Waals surface area contributed by atoms with Crippen molar-refractivity contribution in [3.63, 3.8) is 0 Å². The van der Waals surface area contributed by atoms with Gasteiger partial charge in [-0.1, -0.05) is 34.1 Å². The number of fused-ring (bicyclic) bond motifs is 1. The van der Waals surface area contributed by atoms with Gasteiger partial charge in [0.15, 0.2) is 0 Å². The van der Waals surface area contributed by atoms with Crippen LogP contribution in [-0.4, -0.2) is 5.91 Å². The molecule has 1 aliphatic rings. The number of rotatable bonds is 2. The molecule has 104 valence electrons. The zero-order valence-electron chi connectivity index (χ0n) is 11.0. The predicted molar refractivity (Wildman–Crippen MR) is 87.0 cm³/mol. The molecule has 0 atom stereocenters. The van der Waals surface area contributed by atoms with E-state index in [2.05, 4.69) is 21.2 Å². The summed E-state index contributed by atoms with van der Waals surface area (Å²) in [6, 6.07) is 15.0. The molecule has 0 aliphatic carbocycles. The lowest BCUT2D eigenvalue weighted by Crippen LogP contribution is -2.12. The molecule has 1 heterocycles. The van der Waals surface area contributed by atoms with Gasteiger partial charge < -0.3 is 10.1 Å². The van der Waals surface area contributed by atoms with Crippen molar-refractivity contribution < 1.29 is 9.53 Å². The molecular formula is C17H12BrNO2. The van der Waals surface area contributed by atoms with Gasteiger partial charge in [-0.3, -0.25) is 4.79 Å². The van der Waals surface area contributed by atoms with E-state index in [1.54, 1.807) is 6.08 Å². The highest BCUT2D eigenvalue weighted by atomic mass is 79.9. The van der Waals surface area contributed by atoms with Crippen LogP contribution in [0.4, 0.5) is 5.69 Å². The molecular weight excluding hydrogens is 330 g/mol. The summed E-state index contributed by atoms with van der Waals surface area (Å²) in [4.78, 5) is 12.3. The van der Waals surface area contributed by atoms with Gasteiger partial charge in [-0.25, -0.2) is 0 Å². The highest BCUT2D eigenvalue weighted by Crippen LogP contribution is 2.28. The average molecular weight is 342 g/mol. The summed E-state index contributed by atoms with van der Waals surface area (Å²) in [6.45, 7) is 0. The molecule has 0 fully saturated rings. The van der Waals surface area contributed by atoms with Gasteiger partial charge in [0, 0.05) is 21.3 Å². The van der Waals surface area contributed by atoms with E-state index in [1.165, 1.54) is 6.26 Å². The van der Waals surface area contributed by atoms with Crippen LogP contribution in [0.25, 0.3) is 6.08 Å². The highest BCUT2D eigenvalue weighted by Gasteiger charge is 2.12. The molecule has 21 heavy (non-hydrogen) atoms. The maximum atomic E-state index is 12.3. The zero-order chi connectivity index (χ0) is 14.7. The molecule has 0 radical (unpaired) electrons. The van der Waals surface area contributed by atoms with Crippen LogP contribution < -0.4 is 10.1 Å². The van der Waals surface area contributed by atoms with Crippen LogP contribution in [-0.2, 0) is 4.79 Å². The number of nitrogens with one attached hydrogen (secondary N) is 1. The number of halogens is 1. The van der Waals surface area contributed by atoms with Gasteiger partial charge in [-0.05, 0) is 42.5 Å². The first-order valence-electron chi connectivity index (χ1n) is 6.43. The topological polar surface area (TPSA) is 38.3 Å². The number of carbonyl (C=O) groups excluding carboxylic acids is 1. The van der Waals surface area contributed by atoms with Gasteiger partial charge >= 0.3 is 0 Å². The van der Waals surface area contributed by atoms with Gasteiger partial charge in [0.25, 0.3) is 5.91 Å². The molecule has 4 heteroatoms. The quantitative estimate of drug-likeness (QED) is 0.880. The Bertz CT molecular complexity index is 736. The number of hydrogen-bond donors (Lipinski definition) is 1. The Morgan fingerprint density at radius 3 is 2.71 bits per heavy atom. The number of hydrogen-bond acceptors (Lipinski definition) is 2. The summed E-state index contributed by atoms with van der Waals surface area (Å²) in [5.41, 5.74) is 2.15. The SMILES string of the molecule is O=C(Nc1ccccc1)C1=Cc2cc(Br)ccc2OC=C1. The molecule has 0 unspecified atom stereocenters. The fourth-order valence-corrected chi connectivity index (χ4v) is 2.38. The van der Waals surface area contributed by atoms with E-state index in [-0.39, 0.29) is 5.91 Å². The van der Waals surface area contributed by atoms with Crippen LogP contribution >= 0.6 is 15.9 Å².